The van der Waals surface area contributed by atoms with Gasteiger partial charge in [-0.25, -0.2) is 0 Å². The topological polar surface area (TPSA) is 57.0 Å². The molecule has 0 bridgehead atoms. The van der Waals surface area contributed by atoms with Gasteiger partial charge in [0.15, 0.2) is 0 Å². The Hall–Kier alpha value is -1.55. The molecule has 3 aromatic rings. The second-order valence-electron chi connectivity index (χ2n) is 5.22. The Balaban J connectivity index is 0.00000161. The molecule has 0 amide bonds. The Bertz CT molecular complexity index is 748. The molecule has 0 radical (unpaired) electrons. The molecule has 0 aliphatic carbocycles. The van der Waals surface area contributed by atoms with E-state index in [1.165, 1.54) is 27.4 Å². The van der Waals surface area contributed by atoms with Gasteiger partial charge in [0, 0.05) is 34.4 Å². The largest absolute Gasteiger partial charge is 0.341 e. The van der Waals surface area contributed by atoms with Crippen LogP contribution in [-0.2, 0) is 6.54 Å². The van der Waals surface area contributed by atoms with E-state index in [1.807, 2.05) is 0 Å². The van der Waals surface area contributed by atoms with E-state index in [4.69, 9.17) is 11.5 Å². The summed E-state index contributed by atoms with van der Waals surface area (Å²) >= 11 is 0. The molecule has 0 saturated heterocycles. The Morgan fingerprint density at radius 1 is 1.05 bits per heavy atom. The summed E-state index contributed by atoms with van der Waals surface area (Å²) in [5.41, 5.74) is 15.5. The highest BCUT2D eigenvalue weighted by Gasteiger charge is 2.12. The standard InChI is InChI=1S/C17H21N3.ClH/c1-2-20-16-6-4-3-5-13(16)14-11-12(7-8-17(14)20)15(19)9-10-18;/h3-8,11,15H,2,9-10,18-19H2,1H3;1H/t15-;/m1./s1. The molecule has 3 nitrogen and oxygen atoms in total. The van der Waals surface area contributed by atoms with Gasteiger partial charge in [0.2, 0.25) is 0 Å². The number of benzene rings is 2. The smallest absolute Gasteiger partial charge is 0.0491 e. The molecule has 1 atom stereocenters. The highest BCUT2D eigenvalue weighted by Crippen LogP contribution is 2.31. The fourth-order valence-electron chi connectivity index (χ4n) is 2.99. The maximum Gasteiger partial charge on any atom is 0.0491 e. The van der Waals surface area contributed by atoms with Gasteiger partial charge in [-0.15, -0.1) is 12.4 Å². The minimum absolute atomic E-state index is 0. The zero-order valence-corrected chi connectivity index (χ0v) is 13.1. The molecule has 4 N–H and O–H groups in total. The quantitative estimate of drug-likeness (QED) is 0.774. The van der Waals surface area contributed by atoms with Crippen molar-refractivity contribution in [3.8, 4) is 0 Å². The van der Waals surface area contributed by atoms with E-state index in [2.05, 4.69) is 54.0 Å². The lowest BCUT2D eigenvalue weighted by Crippen LogP contribution is -2.15. The molecule has 0 fully saturated rings. The third-order valence-electron chi connectivity index (χ3n) is 4.02. The van der Waals surface area contributed by atoms with E-state index in [1.54, 1.807) is 0 Å². The first-order chi connectivity index (χ1) is 9.76. The number of nitrogens with two attached hydrogens (primary N) is 2. The highest BCUT2D eigenvalue weighted by atomic mass is 35.5. The van der Waals surface area contributed by atoms with E-state index in [0.717, 1.165) is 13.0 Å². The summed E-state index contributed by atoms with van der Waals surface area (Å²) in [6.45, 7) is 3.77. The first-order valence-electron chi connectivity index (χ1n) is 7.22. The van der Waals surface area contributed by atoms with Gasteiger partial charge in [-0.1, -0.05) is 24.3 Å². The van der Waals surface area contributed by atoms with Crippen LogP contribution in [0.4, 0.5) is 0 Å². The normalized spacial score (nSPS) is 12.5. The molecule has 3 rings (SSSR count). The van der Waals surface area contributed by atoms with Gasteiger partial charge >= 0.3 is 0 Å². The van der Waals surface area contributed by atoms with Crippen molar-refractivity contribution in [3.05, 3.63) is 48.0 Å². The molecule has 4 heteroatoms. The van der Waals surface area contributed by atoms with E-state index in [9.17, 15) is 0 Å². The van der Waals surface area contributed by atoms with Crippen molar-refractivity contribution in [2.45, 2.75) is 25.9 Å². The number of fused-ring (bicyclic) bond motifs is 3. The zero-order valence-electron chi connectivity index (χ0n) is 12.3. The number of rotatable bonds is 4. The molecule has 0 aliphatic rings. The zero-order chi connectivity index (χ0) is 14.1. The Kier molecular flexibility index (Phi) is 4.88. The van der Waals surface area contributed by atoms with Crippen molar-refractivity contribution in [2.24, 2.45) is 11.5 Å². The lowest BCUT2D eigenvalue weighted by molar-refractivity contribution is 0.662. The lowest BCUT2D eigenvalue weighted by Gasteiger charge is -2.11. The van der Waals surface area contributed by atoms with Crippen LogP contribution in [0.5, 0.6) is 0 Å². The summed E-state index contributed by atoms with van der Waals surface area (Å²) in [5, 5.41) is 2.58. The first-order valence-corrected chi connectivity index (χ1v) is 7.22. The molecule has 2 aromatic carbocycles. The van der Waals surface area contributed by atoms with Gasteiger partial charge in [-0.05, 0) is 43.7 Å². The molecule has 0 saturated carbocycles. The number of para-hydroxylation sites is 1. The van der Waals surface area contributed by atoms with E-state index in [0.29, 0.717) is 6.54 Å². The molecule has 21 heavy (non-hydrogen) atoms. The highest BCUT2D eigenvalue weighted by molar-refractivity contribution is 6.08. The van der Waals surface area contributed by atoms with Crippen molar-refractivity contribution < 1.29 is 0 Å². The van der Waals surface area contributed by atoms with Crippen LogP contribution in [0.15, 0.2) is 42.5 Å². The van der Waals surface area contributed by atoms with E-state index < -0.39 is 0 Å². The molecule has 0 aliphatic heterocycles. The third-order valence-corrected chi connectivity index (χ3v) is 4.02. The van der Waals surface area contributed by atoms with E-state index in [-0.39, 0.29) is 18.4 Å². The minimum atomic E-state index is 0. The van der Waals surface area contributed by atoms with Crippen molar-refractivity contribution in [1.82, 2.24) is 4.57 Å². The summed E-state index contributed by atoms with van der Waals surface area (Å²) in [5.74, 6) is 0. The summed E-state index contributed by atoms with van der Waals surface area (Å²) in [6.07, 6.45) is 0.817. The fourth-order valence-corrected chi connectivity index (χ4v) is 2.99. The summed E-state index contributed by atoms with van der Waals surface area (Å²) in [7, 11) is 0. The fraction of sp³-hybridized carbons (Fsp3) is 0.294. The maximum absolute atomic E-state index is 6.19. The van der Waals surface area contributed by atoms with Gasteiger partial charge in [0.05, 0.1) is 0 Å². The number of halogens is 1. The summed E-state index contributed by atoms with van der Waals surface area (Å²) in [4.78, 5) is 0. The third kappa shape index (κ3) is 2.64. The Morgan fingerprint density at radius 3 is 2.48 bits per heavy atom. The molecule has 1 heterocycles. The number of aromatic nitrogens is 1. The van der Waals surface area contributed by atoms with Crippen LogP contribution >= 0.6 is 12.4 Å². The summed E-state index contributed by atoms with van der Waals surface area (Å²) < 4.78 is 2.35. The van der Waals surface area contributed by atoms with Gasteiger partial charge < -0.3 is 16.0 Å². The second-order valence-corrected chi connectivity index (χ2v) is 5.22. The van der Waals surface area contributed by atoms with Crippen LogP contribution in [0.2, 0.25) is 0 Å². The minimum Gasteiger partial charge on any atom is -0.341 e. The average molecular weight is 304 g/mol. The second kappa shape index (κ2) is 6.48. The van der Waals surface area contributed by atoms with Crippen LogP contribution < -0.4 is 11.5 Å². The van der Waals surface area contributed by atoms with Gasteiger partial charge in [0.1, 0.15) is 0 Å². The average Bonchev–Trinajstić information content (AvgIpc) is 2.80. The number of hydrogen-bond acceptors (Lipinski definition) is 2. The van der Waals surface area contributed by atoms with Crippen LogP contribution in [0.1, 0.15) is 24.9 Å². The van der Waals surface area contributed by atoms with Crippen molar-refractivity contribution in [2.75, 3.05) is 6.54 Å². The lowest BCUT2D eigenvalue weighted by atomic mass is 10.0. The molecular weight excluding hydrogens is 282 g/mol. The molecule has 1 aromatic heterocycles. The Morgan fingerprint density at radius 2 is 1.76 bits per heavy atom. The van der Waals surface area contributed by atoms with Crippen LogP contribution in [0, 0.1) is 0 Å². The Labute approximate surface area is 131 Å². The van der Waals surface area contributed by atoms with E-state index >= 15 is 0 Å². The van der Waals surface area contributed by atoms with Gasteiger partial charge in [-0.3, -0.25) is 0 Å². The van der Waals surface area contributed by atoms with Crippen molar-refractivity contribution >= 4 is 34.2 Å². The van der Waals surface area contributed by atoms with Crippen LogP contribution in [0.25, 0.3) is 21.8 Å². The SMILES string of the molecule is CCn1c2ccccc2c2cc([C@H](N)CCN)ccc21.Cl. The number of hydrogen-bond donors (Lipinski definition) is 2. The predicted octanol–water partition coefficient (Wildman–Crippen LogP) is 3.58. The summed E-state index contributed by atoms with van der Waals surface area (Å²) in [6, 6.07) is 15.1. The first kappa shape index (κ1) is 15.8. The van der Waals surface area contributed by atoms with Gasteiger partial charge in [-0.2, -0.15) is 0 Å². The number of nitrogens with zero attached hydrogens (tertiary/aromatic N) is 1. The predicted molar refractivity (Wildman–Crippen MR) is 93.0 cm³/mol. The molecule has 112 valence electrons. The van der Waals surface area contributed by atoms with Crippen molar-refractivity contribution in [3.63, 3.8) is 0 Å². The molecular formula is C17H22ClN3. The molecule has 0 spiro atoms. The maximum atomic E-state index is 6.19. The van der Waals surface area contributed by atoms with Crippen LogP contribution in [-0.4, -0.2) is 11.1 Å². The molecule has 0 unspecified atom stereocenters. The monoisotopic (exact) mass is 303 g/mol. The number of aryl methyl sites for hydroxylation is 1. The van der Waals surface area contributed by atoms with Crippen LogP contribution in [0.3, 0.4) is 0 Å². The van der Waals surface area contributed by atoms with Crippen molar-refractivity contribution in [1.29, 1.82) is 0 Å². The van der Waals surface area contributed by atoms with Gasteiger partial charge in [0.25, 0.3) is 0 Å².